The normalized spacial score (nSPS) is 12.7. The minimum Gasteiger partial charge on any atom is -0.439 e. The molecule has 4 rings (SSSR count). The molecule has 1 saturated carbocycles. The van der Waals surface area contributed by atoms with Crippen molar-refractivity contribution in [2.75, 3.05) is 10.6 Å². The van der Waals surface area contributed by atoms with Gasteiger partial charge in [0.25, 0.3) is 0 Å². The van der Waals surface area contributed by atoms with Crippen LogP contribution in [0.1, 0.15) is 24.0 Å². The summed E-state index contributed by atoms with van der Waals surface area (Å²) in [6, 6.07) is 14.2. The van der Waals surface area contributed by atoms with Gasteiger partial charge in [0.05, 0.1) is 0 Å². The number of amides is 3. The fourth-order valence-electron chi connectivity index (χ4n) is 3.06. The highest BCUT2D eigenvalue weighted by Gasteiger charge is 2.29. The van der Waals surface area contributed by atoms with Gasteiger partial charge >= 0.3 is 6.03 Å². The number of hydrogen-bond acceptors (Lipinski definition) is 4. The second-order valence-corrected chi connectivity index (χ2v) is 7.63. The molecule has 32 heavy (non-hydrogen) atoms. The van der Waals surface area contributed by atoms with Crippen LogP contribution in [-0.2, 0) is 11.3 Å². The molecule has 3 amide bonds. The maximum atomic E-state index is 13.4. The minimum absolute atomic E-state index is 0.00617. The number of hydrogen-bond donors (Lipinski definition) is 3. The van der Waals surface area contributed by atoms with Gasteiger partial charge in [0.1, 0.15) is 11.6 Å². The number of carbonyl (C=O) groups is 2. The summed E-state index contributed by atoms with van der Waals surface area (Å²) in [5.74, 6) is 0.281. The zero-order valence-corrected chi connectivity index (χ0v) is 17.5. The quantitative estimate of drug-likeness (QED) is 0.488. The van der Waals surface area contributed by atoms with E-state index in [1.165, 1.54) is 12.1 Å². The topological polar surface area (TPSA) is 92.4 Å². The highest BCUT2D eigenvalue weighted by molar-refractivity contribution is 5.96. The van der Waals surface area contributed by atoms with Crippen molar-refractivity contribution in [2.24, 2.45) is 5.92 Å². The number of aryl methyl sites for hydroxylation is 1. The van der Waals surface area contributed by atoms with Crippen LogP contribution in [0.5, 0.6) is 11.6 Å². The largest absolute Gasteiger partial charge is 0.439 e. The van der Waals surface area contributed by atoms with Crippen molar-refractivity contribution in [3.05, 3.63) is 77.7 Å². The Kier molecular flexibility index (Phi) is 6.30. The zero-order valence-electron chi connectivity index (χ0n) is 17.5. The molecule has 0 saturated heterocycles. The molecule has 1 fully saturated rings. The Morgan fingerprint density at radius 1 is 1.09 bits per heavy atom. The third-order valence-corrected chi connectivity index (χ3v) is 5.00. The van der Waals surface area contributed by atoms with Crippen molar-refractivity contribution in [1.29, 1.82) is 0 Å². The average molecular weight is 434 g/mol. The Labute approximate surface area is 185 Å². The number of rotatable bonds is 7. The molecule has 0 spiro atoms. The van der Waals surface area contributed by atoms with Crippen LogP contribution >= 0.6 is 0 Å². The zero-order chi connectivity index (χ0) is 22.5. The molecule has 1 aliphatic rings. The smallest absolute Gasteiger partial charge is 0.319 e. The van der Waals surface area contributed by atoms with E-state index in [9.17, 15) is 14.0 Å². The van der Waals surface area contributed by atoms with E-state index in [1.54, 1.807) is 36.5 Å². The van der Waals surface area contributed by atoms with Gasteiger partial charge in [-0.2, -0.15) is 0 Å². The lowest BCUT2D eigenvalue weighted by molar-refractivity contribution is -0.117. The Bertz CT molecular complexity index is 1150. The molecule has 2 aromatic carbocycles. The van der Waals surface area contributed by atoms with Gasteiger partial charge < -0.3 is 20.7 Å². The number of pyridine rings is 1. The second-order valence-electron chi connectivity index (χ2n) is 7.63. The first kappa shape index (κ1) is 21.3. The Balaban J connectivity index is 1.38. The van der Waals surface area contributed by atoms with Crippen LogP contribution in [0.15, 0.2) is 60.8 Å². The number of anilines is 2. The SMILES string of the molecule is Cc1ccc(NC(=O)C2CC2)cc1NC(=O)NCc1cccnc1Oc1cccc(F)c1. The molecule has 0 atom stereocenters. The van der Waals surface area contributed by atoms with Crippen LogP contribution in [0, 0.1) is 18.7 Å². The van der Waals surface area contributed by atoms with E-state index in [2.05, 4.69) is 20.9 Å². The fourth-order valence-corrected chi connectivity index (χ4v) is 3.06. The molecule has 0 radical (unpaired) electrons. The van der Waals surface area contributed by atoms with Crippen LogP contribution in [0.25, 0.3) is 0 Å². The summed E-state index contributed by atoms with van der Waals surface area (Å²) in [7, 11) is 0. The van der Waals surface area contributed by atoms with Gasteiger partial charge in [0.15, 0.2) is 0 Å². The van der Waals surface area contributed by atoms with E-state index in [0.29, 0.717) is 22.7 Å². The van der Waals surface area contributed by atoms with Gasteiger partial charge in [-0.05, 0) is 55.7 Å². The third kappa shape index (κ3) is 5.60. The van der Waals surface area contributed by atoms with Crippen molar-refractivity contribution >= 4 is 23.3 Å². The number of carbonyl (C=O) groups excluding carboxylic acids is 2. The van der Waals surface area contributed by atoms with Gasteiger partial charge in [-0.15, -0.1) is 0 Å². The molecule has 3 aromatic rings. The second kappa shape index (κ2) is 9.47. The number of halogens is 1. The van der Waals surface area contributed by atoms with Crippen LogP contribution in [0.4, 0.5) is 20.6 Å². The number of ether oxygens (including phenoxy) is 1. The number of urea groups is 1. The highest BCUT2D eigenvalue weighted by Crippen LogP contribution is 2.31. The van der Waals surface area contributed by atoms with Gasteiger partial charge in [-0.3, -0.25) is 4.79 Å². The summed E-state index contributed by atoms with van der Waals surface area (Å²) in [5.41, 5.74) is 2.73. The van der Waals surface area contributed by atoms with Gasteiger partial charge in [0.2, 0.25) is 11.8 Å². The molecule has 3 N–H and O–H groups in total. The van der Waals surface area contributed by atoms with E-state index >= 15 is 0 Å². The summed E-state index contributed by atoms with van der Waals surface area (Å²) in [5, 5.41) is 8.45. The van der Waals surface area contributed by atoms with E-state index in [0.717, 1.165) is 18.4 Å². The monoisotopic (exact) mass is 434 g/mol. The van der Waals surface area contributed by atoms with Gasteiger partial charge in [-0.25, -0.2) is 14.2 Å². The van der Waals surface area contributed by atoms with E-state index in [-0.39, 0.29) is 24.2 Å². The minimum atomic E-state index is -0.417. The Morgan fingerprint density at radius 3 is 2.72 bits per heavy atom. The van der Waals surface area contributed by atoms with Crippen LogP contribution in [0.2, 0.25) is 0 Å². The summed E-state index contributed by atoms with van der Waals surface area (Å²) in [4.78, 5) is 28.6. The molecule has 0 unspecified atom stereocenters. The summed E-state index contributed by atoms with van der Waals surface area (Å²) >= 11 is 0. The third-order valence-electron chi connectivity index (χ3n) is 5.00. The molecule has 1 aromatic heterocycles. The lowest BCUT2D eigenvalue weighted by atomic mass is 10.1. The number of nitrogens with one attached hydrogen (secondary N) is 3. The standard InChI is InChI=1S/C24H23FN4O3/c1-15-7-10-19(28-22(30)16-8-9-16)13-21(15)29-24(31)27-14-17-4-3-11-26-23(17)32-20-6-2-5-18(25)12-20/h2-7,10-13,16H,8-9,14H2,1H3,(H,28,30)(H2,27,29,31). The van der Waals surface area contributed by atoms with Gasteiger partial charge in [0, 0.05) is 41.7 Å². The van der Waals surface area contributed by atoms with Crippen LogP contribution in [-0.4, -0.2) is 16.9 Å². The lowest BCUT2D eigenvalue weighted by Gasteiger charge is -2.13. The highest BCUT2D eigenvalue weighted by atomic mass is 19.1. The summed E-state index contributed by atoms with van der Waals surface area (Å²) in [6.45, 7) is 2.02. The van der Waals surface area contributed by atoms with Crippen molar-refractivity contribution in [2.45, 2.75) is 26.3 Å². The fraction of sp³-hybridized carbons (Fsp3) is 0.208. The molecular formula is C24H23FN4O3. The lowest BCUT2D eigenvalue weighted by Crippen LogP contribution is -2.28. The van der Waals surface area contributed by atoms with E-state index < -0.39 is 11.8 Å². The number of benzene rings is 2. The van der Waals surface area contributed by atoms with Crippen molar-refractivity contribution in [3.8, 4) is 11.6 Å². The van der Waals surface area contributed by atoms with E-state index in [4.69, 9.17) is 4.74 Å². The van der Waals surface area contributed by atoms with Gasteiger partial charge in [-0.1, -0.05) is 18.2 Å². The first-order valence-electron chi connectivity index (χ1n) is 10.3. The van der Waals surface area contributed by atoms with Crippen LogP contribution in [0.3, 0.4) is 0 Å². The molecule has 8 heteroatoms. The summed E-state index contributed by atoms with van der Waals surface area (Å²) in [6.07, 6.45) is 3.40. The summed E-state index contributed by atoms with van der Waals surface area (Å²) < 4.78 is 19.1. The Hall–Kier alpha value is -3.94. The molecule has 1 heterocycles. The first-order chi connectivity index (χ1) is 15.5. The van der Waals surface area contributed by atoms with Crippen LogP contribution < -0.4 is 20.7 Å². The molecule has 7 nitrogen and oxygen atoms in total. The molecule has 164 valence electrons. The van der Waals surface area contributed by atoms with E-state index in [1.807, 2.05) is 19.1 Å². The maximum Gasteiger partial charge on any atom is 0.319 e. The molecule has 1 aliphatic carbocycles. The molecule has 0 bridgehead atoms. The van der Waals surface area contributed by atoms with Crippen molar-refractivity contribution in [3.63, 3.8) is 0 Å². The first-order valence-corrected chi connectivity index (χ1v) is 10.3. The number of aromatic nitrogens is 1. The molecule has 0 aliphatic heterocycles. The van der Waals surface area contributed by atoms with Crippen molar-refractivity contribution in [1.82, 2.24) is 10.3 Å². The predicted molar refractivity (Wildman–Crippen MR) is 119 cm³/mol. The molecular weight excluding hydrogens is 411 g/mol. The maximum absolute atomic E-state index is 13.4. The Morgan fingerprint density at radius 2 is 1.94 bits per heavy atom. The number of nitrogens with zero attached hydrogens (tertiary/aromatic N) is 1. The predicted octanol–water partition coefficient (Wildman–Crippen LogP) is 4.99. The van der Waals surface area contributed by atoms with Crippen molar-refractivity contribution < 1.29 is 18.7 Å². The average Bonchev–Trinajstić information content (AvgIpc) is 3.61.